The van der Waals surface area contributed by atoms with Gasteiger partial charge in [0, 0.05) is 19.6 Å². The van der Waals surface area contributed by atoms with Gasteiger partial charge < -0.3 is 10.1 Å². The number of amides is 1. The van der Waals surface area contributed by atoms with Gasteiger partial charge in [0.1, 0.15) is 0 Å². The van der Waals surface area contributed by atoms with Crippen LogP contribution in [0.4, 0.5) is 0 Å². The predicted molar refractivity (Wildman–Crippen MR) is 82.0 cm³/mol. The van der Waals surface area contributed by atoms with Crippen LogP contribution in [0.1, 0.15) is 23.5 Å². The molecule has 1 N–H and O–H groups in total. The molecular formula is C13H20N2O4S2. The highest BCUT2D eigenvalue weighted by Crippen LogP contribution is 2.14. The average molecular weight is 332 g/mol. The highest BCUT2D eigenvalue weighted by atomic mass is 32.2. The van der Waals surface area contributed by atoms with Crippen molar-refractivity contribution in [1.82, 2.24) is 9.62 Å². The van der Waals surface area contributed by atoms with E-state index in [0.717, 1.165) is 0 Å². The maximum absolute atomic E-state index is 12.3. The number of nitrogens with one attached hydrogen (secondary N) is 1. The lowest BCUT2D eigenvalue weighted by Crippen LogP contribution is -2.49. The van der Waals surface area contributed by atoms with Gasteiger partial charge in [-0.05, 0) is 25.3 Å². The van der Waals surface area contributed by atoms with E-state index in [0.29, 0.717) is 18.0 Å². The zero-order valence-electron chi connectivity index (χ0n) is 12.1. The van der Waals surface area contributed by atoms with Crippen molar-refractivity contribution in [2.45, 2.75) is 26.1 Å². The van der Waals surface area contributed by atoms with E-state index >= 15 is 0 Å². The van der Waals surface area contributed by atoms with Crippen LogP contribution in [0.25, 0.3) is 0 Å². The second-order valence-corrected chi connectivity index (χ2v) is 8.16. The van der Waals surface area contributed by atoms with Crippen LogP contribution < -0.4 is 5.32 Å². The third-order valence-corrected chi connectivity index (χ3v) is 5.84. The molecule has 0 radical (unpaired) electrons. The lowest BCUT2D eigenvalue weighted by molar-refractivity contribution is -0.0440. The predicted octanol–water partition coefficient (Wildman–Crippen LogP) is 0.917. The summed E-state index contributed by atoms with van der Waals surface area (Å²) in [6.07, 6.45) is -0.214. The van der Waals surface area contributed by atoms with Crippen molar-refractivity contribution in [3.05, 3.63) is 22.4 Å². The van der Waals surface area contributed by atoms with E-state index in [-0.39, 0.29) is 30.4 Å². The Balaban J connectivity index is 1.85. The summed E-state index contributed by atoms with van der Waals surface area (Å²) < 4.78 is 31.5. The van der Waals surface area contributed by atoms with Crippen LogP contribution in [0.15, 0.2) is 17.5 Å². The molecule has 1 fully saturated rings. The number of morpholine rings is 1. The highest BCUT2D eigenvalue weighted by molar-refractivity contribution is 7.89. The third-order valence-electron chi connectivity index (χ3n) is 3.17. The summed E-state index contributed by atoms with van der Waals surface area (Å²) in [6.45, 7) is 4.56. The fourth-order valence-electron chi connectivity index (χ4n) is 2.28. The van der Waals surface area contributed by atoms with E-state index in [4.69, 9.17) is 4.74 Å². The standard InChI is InChI=1S/C13H20N2O4S2/c1-10-8-15(9-11(2)19-10)21(17,18)7-5-14-13(16)12-4-3-6-20-12/h3-4,6,10-11H,5,7-9H2,1-2H3,(H,14,16)/t10-,11-/m0/s1. The van der Waals surface area contributed by atoms with E-state index in [9.17, 15) is 13.2 Å². The van der Waals surface area contributed by atoms with Gasteiger partial charge in [-0.25, -0.2) is 8.42 Å². The molecule has 21 heavy (non-hydrogen) atoms. The number of nitrogens with zero attached hydrogens (tertiary/aromatic N) is 1. The normalized spacial score (nSPS) is 23.9. The topological polar surface area (TPSA) is 75.7 Å². The minimum Gasteiger partial charge on any atom is -0.373 e. The lowest BCUT2D eigenvalue weighted by Gasteiger charge is -2.34. The number of hydrogen-bond donors (Lipinski definition) is 1. The molecule has 0 aromatic carbocycles. The van der Waals surface area contributed by atoms with Gasteiger partial charge in [-0.1, -0.05) is 6.07 Å². The Kier molecular flexibility index (Phi) is 5.37. The zero-order valence-corrected chi connectivity index (χ0v) is 13.7. The Bertz CT molecular complexity index is 561. The van der Waals surface area contributed by atoms with Gasteiger partial charge in [-0.3, -0.25) is 4.79 Å². The molecule has 1 aromatic rings. The molecule has 1 aromatic heterocycles. The molecule has 0 saturated carbocycles. The van der Waals surface area contributed by atoms with E-state index < -0.39 is 10.0 Å². The number of carbonyl (C=O) groups is 1. The molecule has 1 amide bonds. The number of thiophene rings is 1. The van der Waals surface area contributed by atoms with Gasteiger partial charge in [0.2, 0.25) is 10.0 Å². The smallest absolute Gasteiger partial charge is 0.261 e. The van der Waals surface area contributed by atoms with E-state index in [1.165, 1.54) is 15.6 Å². The Morgan fingerprint density at radius 1 is 1.43 bits per heavy atom. The number of hydrogen-bond acceptors (Lipinski definition) is 5. The second kappa shape index (κ2) is 6.87. The van der Waals surface area contributed by atoms with Gasteiger partial charge in [-0.15, -0.1) is 11.3 Å². The Morgan fingerprint density at radius 2 is 2.10 bits per heavy atom. The SMILES string of the molecule is C[C@H]1CN(S(=O)(=O)CCNC(=O)c2cccs2)C[C@H](C)O1. The minimum absolute atomic E-state index is 0.0937. The maximum Gasteiger partial charge on any atom is 0.261 e. The van der Waals surface area contributed by atoms with Gasteiger partial charge >= 0.3 is 0 Å². The van der Waals surface area contributed by atoms with Gasteiger partial charge in [-0.2, -0.15) is 4.31 Å². The van der Waals surface area contributed by atoms with E-state index in [2.05, 4.69) is 5.32 Å². The lowest BCUT2D eigenvalue weighted by atomic mass is 10.3. The van der Waals surface area contributed by atoms with Crippen LogP contribution in [0.5, 0.6) is 0 Å². The molecule has 8 heteroatoms. The van der Waals surface area contributed by atoms with E-state index in [1.54, 1.807) is 12.1 Å². The van der Waals surface area contributed by atoms with Crippen molar-refractivity contribution in [2.75, 3.05) is 25.4 Å². The molecule has 1 aliphatic rings. The number of rotatable bonds is 5. The molecule has 2 heterocycles. The van der Waals surface area contributed by atoms with Crippen LogP contribution in [0.2, 0.25) is 0 Å². The fourth-order valence-corrected chi connectivity index (χ4v) is 4.41. The molecule has 2 rings (SSSR count). The third kappa shape index (κ3) is 4.50. The van der Waals surface area contributed by atoms with Crippen molar-refractivity contribution in [3.63, 3.8) is 0 Å². The molecule has 0 bridgehead atoms. The molecule has 0 spiro atoms. The summed E-state index contributed by atoms with van der Waals surface area (Å²) in [5.41, 5.74) is 0. The molecule has 1 saturated heterocycles. The monoisotopic (exact) mass is 332 g/mol. The van der Waals surface area contributed by atoms with Crippen LogP contribution >= 0.6 is 11.3 Å². The molecule has 1 aliphatic heterocycles. The fraction of sp³-hybridized carbons (Fsp3) is 0.615. The van der Waals surface area contributed by atoms with Crippen molar-refractivity contribution in [3.8, 4) is 0 Å². The Morgan fingerprint density at radius 3 is 2.67 bits per heavy atom. The summed E-state index contributed by atoms with van der Waals surface area (Å²) in [5.74, 6) is -0.326. The van der Waals surface area contributed by atoms with Crippen molar-refractivity contribution >= 4 is 27.3 Å². The first-order valence-corrected chi connectivity index (χ1v) is 9.32. The first kappa shape index (κ1) is 16.4. The molecule has 118 valence electrons. The zero-order chi connectivity index (χ0) is 15.5. The number of ether oxygens (including phenoxy) is 1. The average Bonchev–Trinajstić information content (AvgIpc) is 2.91. The van der Waals surface area contributed by atoms with Gasteiger partial charge in [0.15, 0.2) is 0 Å². The largest absolute Gasteiger partial charge is 0.373 e. The first-order chi connectivity index (χ1) is 9.88. The second-order valence-electron chi connectivity index (χ2n) is 5.12. The highest BCUT2D eigenvalue weighted by Gasteiger charge is 2.30. The van der Waals surface area contributed by atoms with Gasteiger partial charge in [0.05, 0.1) is 22.8 Å². The molecule has 0 aliphatic carbocycles. The molecule has 6 nitrogen and oxygen atoms in total. The number of carbonyl (C=O) groups excluding carboxylic acids is 1. The van der Waals surface area contributed by atoms with E-state index in [1.807, 2.05) is 19.2 Å². The number of sulfonamides is 1. The summed E-state index contributed by atoms with van der Waals surface area (Å²) in [7, 11) is -3.37. The minimum atomic E-state index is -3.37. The van der Waals surface area contributed by atoms with Crippen molar-refractivity contribution in [1.29, 1.82) is 0 Å². The summed E-state index contributed by atoms with van der Waals surface area (Å²) in [5, 5.41) is 4.44. The molecule has 0 unspecified atom stereocenters. The first-order valence-electron chi connectivity index (χ1n) is 6.83. The van der Waals surface area contributed by atoms with Crippen molar-refractivity contribution < 1.29 is 17.9 Å². The van der Waals surface area contributed by atoms with Crippen molar-refractivity contribution in [2.24, 2.45) is 0 Å². The van der Waals surface area contributed by atoms with Crippen LogP contribution in [-0.4, -0.2) is 56.2 Å². The summed E-state index contributed by atoms with van der Waals surface area (Å²) in [6, 6.07) is 3.49. The Hall–Kier alpha value is -0.960. The summed E-state index contributed by atoms with van der Waals surface area (Å²) in [4.78, 5) is 12.3. The summed E-state index contributed by atoms with van der Waals surface area (Å²) >= 11 is 1.33. The maximum atomic E-state index is 12.3. The molecule has 2 atom stereocenters. The van der Waals surface area contributed by atoms with Crippen LogP contribution in [0, 0.1) is 0 Å². The molecular weight excluding hydrogens is 312 g/mol. The van der Waals surface area contributed by atoms with Crippen LogP contribution in [0.3, 0.4) is 0 Å². The quantitative estimate of drug-likeness (QED) is 0.870. The van der Waals surface area contributed by atoms with Crippen LogP contribution in [-0.2, 0) is 14.8 Å². The van der Waals surface area contributed by atoms with Gasteiger partial charge in [0.25, 0.3) is 5.91 Å². The Labute approximate surface area is 129 Å².